The Kier molecular flexibility index (Phi) is 5.45. The number of anilines is 3. The van der Waals surface area contributed by atoms with Gasteiger partial charge in [-0.3, -0.25) is 4.98 Å². The lowest BCUT2D eigenvalue weighted by Gasteiger charge is -2.10. The van der Waals surface area contributed by atoms with E-state index in [1.165, 1.54) is 17.6 Å². The Morgan fingerprint density at radius 1 is 1.07 bits per heavy atom. The molecule has 2 aromatic carbocycles. The number of halogens is 3. The molecule has 0 aliphatic rings. The van der Waals surface area contributed by atoms with E-state index in [2.05, 4.69) is 20.0 Å². The van der Waals surface area contributed by atoms with Crippen LogP contribution in [0.25, 0.3) is 10.2 Å². The summed E-state index contributed by atoms with van der Waals surface area (Å²) in [5.41, 5.74) is 2.10. The number of nitrogens with zero attached hydrogens (tertiary/aromatic N) is 2. The molecule has 2 N–H and O–H groups in total. The molecule has 0 amide bonds. The molecule has 4 rings (SSSR count). The molecule has 0 aliphatic heterocycles. The summed E-state index contributed by atoms with van der Waals surface area (Å²) in [7, 11) is 1.62. The standard InChI is InChI=1S/C21H17F3N4OS/c1-29-16-7-5-13(6-8-16)12-26-17-9-10-25-18-19(17)30-28-20(18)27-15-4-2-3-14(11-15)21(22,23)24/h2-11H,12H2,1H3,(H,25,26)(H,27,28). The van der Waals surface area contributed by atoms with Crippen molar-refractivity contribution in [2.45, 2.75) is 12.7 Å². The number of ether oxygens (including phenoxy) is 1. The Labute approximate surface area is 174 Å². The number of pyridine rings is 1. The second kappa shape index (κ2) is 8.19. The number of alkyl halides is 3. The summed E-state index contributed by atoms with van der Waals surface area (Å²) in [5, 5.41) is 6.31. The highest BCUT2D eigenvalue weighted by Crippen LogP contribution is 2.35. The molecule has 0 saturated carbocycles. The van der Waals surface area contributed by atoms with Crippen molar-refractivity contribution in [1.29, 1.82) is 0 Å². The monoisotopic (exact) mass is 430 g/mol. The van der Waals surface area contributed by atoms with Crippen molar-refractivity contribution in [2.75, 3.05) is 17.7 Å². The first-order valence-electron chi connectivity index (χ1n) is 8.99. The fourth-order valence-electron chi connectivity index (χ4n) is 2.92. The van der Waals surface area contributed by atoms with Crippen molar-refractivity contribution in [3.05, 3.63) is 71.9 Å². The van der Waals surface area contributed by atoms with Gasteiger partial charge in [-0.1, -0.05) is 18.2 Å². The fraction of sp³-hybridized carbons (Fsp3) is 0.143. The highest BCUT2D eigenvalue weighted by molar-refractivity contribution is 7.14. The summed E-state index contributed by atoms with van der Waals surface area (Å²) in [6, 6.07) is 14.6. The maximum atomic E-state index is 13.0. The summed E-state index contributed by atoms with van der Waals surface area (Å²) in [5.74, 6) is 1.21. The number of hydrogen-bond acceptors (Lipinski definition) is 6. The third-order valence-corrected chi connectivity index (χ3v) is 5.32. The topological polar surface area (TPSA) is 59.1 Å². The number of nitrogens with one attached hydrogen (secondary N) is 2. The molecule has 0 spiro atoms. The number of methoxy groups -OCH3 is 1. The minimum atomic E-state index is -4.40. The Balaban J connectivity index is 1.54. The molecular formula is C21H17F3N4OS. The number of fused-ring (bicyclic) bond motifs is 1. The van der Waals surface area contributed by atoms with Gasteiger partial charge in [0.15, 0.2) is 5.82 Å². The zero-order valence-corrected chi connectivity index (χ0v) is 16.6. The maximum absolute atomic E-state index is 13.0. The van der Waals surface area contributed by atoms with E-state index in [0.717, 1.165) is 33.8 Å². The van der Waals surface area contributed by atoms with E-state index in [0.29, 0.717) is 23.6 Å². The summed E-state index contributed by atoms with van der Waals surface area (Å²) in [6.07, 6.45) is -2.76. The van der Waals surface area contributed by atoms with E-state index in [1.54, 1.807) is 19.4 Å². The molecule has 9 heteroatoms. The quantitative estimate of drug-likeness (QED) is 0.389. The zero-order valence-electron chi connectivity index (χ0n) is 15.8. The Morgan fingerprint density at radius 2 is 1.87 bits per heavy atom. The van der Waals surface area contributed by atoms with Crippen LogP contribution in [0, 0.1) is 0 Å². The third kappa shape index (κ3) is 4.30. The van der Waals surface area contributed by atoms with Crippen LogP contribution in [-0.4, -0.2) is 16.5 Å². The molecule has 0 aliphatic carbocycles. The second-order valence-corrected chi connectivity index (χ2v) is 7.25. The first-order valence-corrected chi connectivity index (χ1v) is 9.77. The second-order valence-electron chi connectivity index (χ2n) is 6.47. The van der Waals surface area contributed by atoms with Crippen LogP contribution < -0.4 is 15.4 Å². The lowest BCUT2D eigenvalue weighted by Crippen LogP contribution is -2.05. The van der Waals surface area contributed by atoms with E-state index in [9.17, 15) is 13.2 Å². The molecule has 2 aromatic heterocycles. The molecule has 0 radical (unpaired) electrons. The van der Waals surface area contributed by atoms with Crippen LogP contribution in [-0.2, 0) is 12.7 Å². The predicted octanol–water partition coefficient (Wildman–Crippen LogP) is 6.07. The van der Waals surface area contributed by atoms with E-state index in [4.69, 9.17) is 4.74 Å². The van der Waals surface area contributed by atoms with Gasteiger partial charge in [-0.25, -0.2) is 0 Å². The molecule has 2 heterocycles. The van der Waals surface area contributed by atoms with E-state index in [1.807, 2.05) is 30.3 Å². The molecule has 0 bridgehead atoms. The lowest BCUT2D eigenvalue weighted by molar-refractivity contribution is -0.137. The van der Waals surface area contributed by atoms with Crippen LogP contribution in [0.1, 0.15) is 11.1 Å². The van der Waals surface area contributed by atoms with Gasteiger partial charge in [0, 0.05) is 18.4 Å². The SMILES string of the molecule is COc1ccc(CNc2ccnc3c(Nc4cccc(C(F)(F)F)c4)nsc23)cc1. The normalized spacial score (nSPS) is 11.5. The van der Waals surface area contributed by atoms with Crippen molar-refractivity contribution >= 4 is 38.9 Å². The first-order chi connectivity index (χ1) is 14.4. The lowest BCUT2D eigenvalue weighted by atomic mass is 10.2. The summed E-state index contributed by atoms with van der Waals surface area (Å²) < 4.78 is 49.2. The van der Waals surface area contributed by atoms with Gasteiger partial charge in [0.05, 0.1) is 23.1 Å². The Morgan fingerprint density at radius 3 is 2.60 bits per heavy atom. The Hall–Kier alpha value is -3.33. The van der Waals surface area contributed by atoms with Gasteiger partial charge >= 0.3 is 6.18 Å². The van der Waals surface area contributed by atoms with Gasteiger partial charge in [0.25, 0.3) is 0 Å². The molecule has 0 atom stereocenters. The molecule has 4 aromatic rings. The average molecular weight is 430 g/mol. The van der Waals surface area contributed by atoms with Gasteiger partial charge < -0.3 is 15.4 Å². The van der Waals surface area contributed by atoms with Crippen LogP contribution in [0.3, 0.4) is 0 Å². The average Bonchev–Trinajstić information content (AvgIpc) is 3.15. The number of hydrogen-bond donors (Lipinski definition) is 2. The minimum Gasteiger partial charge on any atom is -0.497 e. The molecule has 154 valence electrons. The smallest absolute Gasteiger partial charge is 0.416 e. The number of aromatic nitrogens is 2. The van der Waals surface area contributed by atoms with Crippen molar-refractivity contribution in [2.24, 2.45) is 0 Å². The van der Waals surface area contributed by atoms with Crippen LogP contribution in [0.2, 0.25) is 0 Å². The van der Waals surface area contributed by atoms with Crippen molar-refractivity contribution < 1.29 is 17.9 Å². The minimum absolute atomic E-state index is 0.301. The van der Waals surface area contributed by atoms with E-state index >= 15 is 0 Å². The van der Waals surface area contributed by atoms with Crippen LogP contribution >= 0.6 is 11.5 Å². The largest absolute Gasteiger partial charge is 0.497 e. The molecule has 0 fully saturated rings. The first kappa shape index (κ1) is 20.0. The highest BCUT2D eigenvalue weighted by atomic mass is 32.1. The summed E-state index contributed by atoms with van der Waals surface area (Å²) in [4.78, 5) is 4.35. The van der Waals surface area contributed by atoms with Gasteiger partial charge in [-0.05, 0) is 53.5 Å². The van der Waals surface area contributed by atoms with Gasteiger partial charge in [0.2, 0.25) is 0 Å². The van der Waals surface area contributed by atoms with Crippen LogP contribution in [0.4, 0.5) is 30.4 Å². The number of benzene rings is 2. The van der Waals surface area contributed by atoms with Gasteiger partial charge in [-0.15, -0.1) is 0 Å². The van der Waals surface area contributed by atoms with Gasteiger partial charge in [0.1, 0.15) is 11.3 Å². The van der Waals surface area contributed by atoms with Crippen molar-refractivity contribution in [3.63, 3.8) is 0 Å². The van der Waals surface area contributed by atoms with Crippen molar-refractivity contribution in [1.82, 2.24) is 9.36 Å². The molecular weight excluding hydrogens is 413 g/mol. The molecule has 30 heavy (non-hydrogen) atoms. The predicted molar refractivity (Wildman–Crippen MR) is 112 cm³/mol. The fourth-order valence-corrected chi connectivity index (χ4v) is 3.70. The highest BCUT2D eigenvalue weighted by Gasteiger charge is 2.30. The van der Waals surface area contributed by atoms with Gasteiger partial charge in [-0.2, -0.15) is 17.5 Å². The Bertz CT molecular complexity index is 1160. The van der Waals surface area contributed by atoms with Crippen LogP contribution in [0.15, 0.2) is 60.8 Å². The van der Waals surface area contributed by atoms with Crippen LogP contribution in [0.5, 0.6) is 5.75 Å². The van der Waals surface area contributed by atoms with E-state index < -0.39 is 11.7 Å². The van der Waals surface area contributed by atoms with E-state index in [-0.39, 0.29) is 0 Å². The maximum Gasteiger partial charge on any atom is 0.416 e. The summed E-state index contributed by atoms with van der Waals surface area (Å²) >= 11 is 1.23. The molecule has 5 nitrogen and oxygen atoms in total. The zero-order chi connectivity index (χ0) is 21.1. The summed E-state index contributed by atoms with van der Waals surface area (Å²) in [6.45, 7) is 0.595. The number of rotatable bonds is 6. The van der Waals surface area contributed by atoms with Crippen molar-refractivity contribution in [3.8, 4) is 5.75 Å². The molecule has 0 unspecified atom stereocenters. The third-order valence-electron chi connectivity index (χ3n) is 4.45. The molecule has 0 saturated heterocycles.